The highest BCUT2D eigenvalue weighted by atomic mass is 32.1. The molecule has 0 aliphatic carbocycles. The van der Waals surface area contributed by atoms with Crippen LogP contribution in [0.2, 0.25) is 0 Å². The summed E-state index contributed by atoms with van der Waals surface area (Å²) < 4.78 is 5.71. The minimum atomic E-state index is -0.717. The number of nitrogens with one attached hydrogen (secondary N) is 2. The number of carbonyl (C=O) groups excluding carboxylic acids is 3. The third kappa shape index (κ3) is 3.62. The molecule has 1 atom stereocenters. The van der Waals surface area contributed by atoms with Crippen molar-refractivity contribution >= 4 is 39.7 Å². The Kier molecular flexibility index (Phi) is 5.08. The number of nitrogens with zero attached hydrogens (tertiary/aromatic N) is 1. The molecule has 0 spiro atoms. The van der Waals surface area contributed by atoms with Gasteiger partial charge in [-0.2, -0.15) is 0 Å². The largest absolute Gasteiger partial charge is 0.477 e. The Balaban J connectivity index is 1.77. The Morgan fingerprint density at radius 2 is 2.08 bits per heavy atom. The van der Waals surface area contributed by atoms with Crippen molar-refractivity contribution in [3.8, 4) is 5.75 Å². The van der Waals surface area contributed by atoms with Gasteiger partial charge in [0.1, 0.15) is 10.8 Å². The van der Waals surface area contributed by atoms with Gasteiger partial charge in [0, 0.05) is 7.05 Å². The average molecular weight is 374 g/mol. The summed E-state index contributed by atoms with van der Waals surface area (Å²) in [6.07, 6.45) is -0.717. The molecule has 4 N–H and O–H groups in total. The normalized spacial score (nSPS) is 15.6. The van der Waals surface area contributed by atoms with Crippen LogP contribution < -0.4 is 26.0 Å². The molecule has 0 unspecified atom stereocenters. The third-order valence-corrected chi connectivity index (χ3v) is 4.75. The Morgan fingerprint density at radius 1 is 1.31 bits per heavy atom. The molecule has 1 aliphatic heterocycles. The second-order valence-corrected chi connectivity index (χ2v) is 6.56. The number of primary amides is 1. The van der Waals surface area contributed by atoms with Crippen LogP contribution in [-0.4, -0.2) is 44.0 Å². The summed E-state index contributed by atoms with van der Waals surface area (Å²) in [7, 11) is 1.53. The van der Waals surface area contributed by atoms with Crippen LogP contribution >= 0.6 is 11.3 Å². The highest BCUT2D eigenvalue weighted by Crippen LogP contribution is 2.33. The lowest BCUT2D eigenvalue weighted by Gasteiger charge is -2.34. The minimum Gasteiger partial charge on any atom is -0.477 e. The summed E-state index contributed by atoms with van der Waals surface area (Å²) in [5, 5.41) is 7.35. The fourth-order valence-electron chi connectivity index (χ4n) is 2.69. The highest BCUT2D eigenvalue weighted by molar-refractivity contribution is 7.14. The quantitative estimate of drug-likeness (QED) is 0.716. The number of hydrogen-bond acceptors (Lipinski definition) is 6. The van der Waals surface area contributed by atoms with Crippen molar-refractivity contribution in [2.45, 2.75) is 6.10 Å². The molecule has 0 radical (unpaired) electrons. The average Bonchev–Trinajstić information content (AvgIpc) is 3.09. The first-order chi connectivity index (χ1) is 12.5. The van der Waals surface area contributed by atoms with Crippen LogP contribution in [-0.2, 0) is 9.59 Å². The van der Waals surface area contributed by atoms with Gasteiger partial charge in [-0.3, -0.25) is 14.4 Å². The van der Waals surface area contributed by atoms with E-state index in [1.54, 1.807) is 28.5 Å². The second kappa shape index (κ2) is 7.44. The summed E-state index contributed by atoms with van der Waals surface area (Å²) in [5.74, 6) is -0.645. The van der Waals surface area contributed by atoms with Crippen molar-refractivity contribution in [3.63, 3.8) is 0 Å². The van der Waals surface area contributed by atoms with Crippen molar-refractivity contribution in [1.82, 2.24) is 5.32 Å². The van der Waals surface area contributed by atoms with E-state index in [-0.39, 0.29) is 30.5 Å². The molecule has 1 aromatic heterocycles. The Morgan fingerprint density at radius 3 is 2.81 bits per heavy atom. The molecule has 0 saturated heterocycles. The molecule has 26 heavy (non-hydrogen) atoms. The molecule has 9 heteroatoms. The van der Waals surface area contributed by atoms with E-state index < -0.39 is 12.0 Å². The number of thiophene rings is 1. The molecule has 3 amide bonds. The first-order valence-electron chi connectivity index (χ1n) is 7.89. The summed E-state index contributed by atoms with van der Waals surface area (Å²) in [4.78, 5) is 37.6. The first-order valence-corrected chi connectivity index (χ1v) is 8.77. The zero-order valence-electron chi connectivity index (χ0n) is 14.0. The lowest BCUT2D eigenvalue weighted by atomic mass is 10.1. The summed E-state index contributed by atoms with van der Waals surface area (Å²) in [6, 6.07) is 8.77. The third-order valence-electron chi connectivity index (χ3n) is 3.92. The van der Waals surface area contributed by atoms with Gasteiger partial charge >= 0.3 is 0 Å². The maximum absolute atomic E-state index is 12.5. The van der Waals surface area contributed by atoms with E-state index >= 15 is 0 Å². The number of hydrogen-bond donors (Lipinski definition) is 3. The smallest absolute Gasteiger partial charge is 0.262 e. The van der Waals surface area contributed by atoms with Crippen LogP contribution in [0.1, 0.15) is 10.4 Å². The minimum absolute atomic E-state index is 0.00394. The first kappa shape index (κ1) is 17.7. The van der Waals surface area contributed by atoms with Crippen molar-refractivity contribution in [1.29, 1.82) is 0 Å². The number of para-hydroxylation sites is 2. The van der Waals surface area contributed by atoms with E-state index in [1.165, 1.54) is 18.4 Å². The Hall–Kier alpha value is -3.07. The van der Waals surface area contributed by atoms with E-state index in [9.17, 15) is 14.4 Å². The van der Waals surface area contributed by atoms with E-state index in [1.807, 2.05) is 12.1 Å². The van der Waals surface area contributed by atoms with Crippen LogP contribution in [0.15, 0.2) is 35.7 Å². The molecule has 1 aliphatic rings. The van der Waals surface area contributed by atoms with Gasteiger partial charge in [0.15, 0.2) is 6.10 Å². The Bertz CT molecular complexity index is 851. The fourth-order valence-corrected chi connectivity index (χ4v) is 3.50. The van der Waals surface area contributed by atoms with Crippen LogP contribution in [0.25, 0.3) is 0 Å². The van der Waals surface area contributed by atoms with Crippen LogP contribution in [0.3, 0.4) is 0 Å². The van der Waals surface area contributed by atoms with Crippen molar-refractivity contribution in [2.24, 2.45) is 5.73 Å². The maximum Gasteiger partial charge on any atom is 0.262 e. The SMILES string of the molecule is CNC(=O)[C@H]1CN(CC(=O)Nc2sccc2C(N)=O)c2ccccc2O1. The Labute approximate surface area is 153 Å². The van der Waals surface area contributed by atoms with Crippen molar-refractivity contribution in [2.75, 3.05) is 30.4 Å². The summed E-state index contributed by atoms with van der Waals surface area (Å²) in [5.41, 5.74) is 6.29. The van der Waals surface area contributed by atoms with Crippen molar-refractivity contribution < 1.29 is 19.1 Å². The van der Waals surface area contributed by atoms with Gasteiger partial charge in [0.05, 0.1) is 24.3 Å². The molecule has 2 heterocycles. The number of nitrogens with two attached hydrogens (primary N) is 1. The van der Waals surface area contributed by atoms with Gasteiger partial charge < -0.3 is 26.0 Å². The fraction of sp³-hybridized carbons (Fsp3) is 0.235. The number of rotatable bonds is 5. The summed E-state index contributed by atoms with van der Waals surface area (Å²) in [6.45, 7) is 0.237. The summed E-state index contributed by atoms with van der Waals surface area (Å²) >= 11 is 1.22. The van der Waals surface area contributed by atoms with Gasteiger partial charge in [-0.05, 0) is 23.6 Å². The predicted molar refractivity (Wildman–Crippen MR) is 98.6 cm³/mol. The number of likely N-dealkylation sites (N-methyl/N-ethyl adjacent to an activating group) is 1. The molecule has 136 valence electrons. The van der Waals surface area contributed by atoms with Crippen LogP contribution in [0.4, 0.5) is 10.7 Å². The van der Waals surface area contributed by atoms with Crippen LogP contribution in [0.5, 0.6) is 5.75 Å². The molecule has 8 nitrogen and oxygen atoms in total. The monoisotopic (exact) mass is 374 g/mol. The predicted octanol–water partition coefficient (Wildman–Crippen LogP) is 0.799. The standard InChI is InChI=1S/C17H18N4O4S/c1-19-16(24)13-8-21(11-4-2-3-5-12(11)25-13)9-14(22)20-17-10(15(18)23)6-7-26-17/h2-7,13H,8-9H2,1H3,(H2,18,23)(H,19,24)(H,20,22)/t13-/m1/s1. The molecule has 0 bridgehead atoms. The molecule has 1 aromatic carbocycles. The van der Waals surface area contributed by atoms with Crippen LogP contribution in [0, 0.1) is 0 Å². The number of carbonyl (C=O) groups is 3. The molecule has 0 saturated carbocycles. The molecule has 0 fully saturated rings. The van der Waals surface area contributed by atoms with Gasteiger partial charge in [-0.25, -0.2) is 0 Å². The topological polar surface area (TPSA) is 114 Å². The second-order valence-electron chi connectivity index (χ2n) is 5.64. The van der Waals surface area contributed by atoms with Gasteiger partial charge in [-0.15, -0.1) is 11.3 Å². The number of anilines is 2. The molecule has 2 aromatic rings. The zero-order chi connectivity index (χ0) is 18.7. The molecular weight excluding hydrogens is 356 g/mol. The number of benzene rings is 1. The number of ether oxygens (including phenoxy) is 1. The van der Waals surface area contributed by atoms with E-state index in [0.717, 1.165) is 5.69 Å². The highest BCUT2D eigenvalue weighted by Gasteiger charge is 2.31. The lowest BCUT2D eigenvalue weighted by molar-refractivity contribution is -0.127. The van der Waals surface area contributed by atoms with Gasteiger partial charge in [0.2, 0.25) is 5.91 Å². The van der Waals surface area contributed by atoms with Crippen molar-refractivity contribution in [3.05, 3.63) is 41.3 Å². The number of fused-ring (bicyclic) bond motifs is 1. The molecular formula is C17H18N4O4S. The van der Waals surface area contributed by atoms with E-state index in [0.29, 0.717) is 10.8 Å². The number of amides is 3. The zero-order valence-corrected chi connectivity index (χ0v) is 14.8. The van der Waals surface area contributed by atoms with E-state index in [2.05, 4.69) is 10.6 Å². The lowest BCUT2D eigenvalue weighted by Crippen LogP contribution is -2.50. The van der Waals surface area contributed by atoms with E-state index in [4.69, 9.17) is 10.5 Å². The maximum atomic E-state index is 12.5. The molecule has 3 rings (SSSR count). The van der Waals surface area contributed by atoms with Gasteiger partial charge in [-0.1, -0.05) is 12.1 Å². The van der Waals surface area contributed by atoms with Gasteiger partial charge in [0.25, 0.3) is 11.8 Å².